The summed E-state index contributed by atoms with van der Waals surface area (Å²) in [5, 5.41) is 14.5. The fourth-order valence-corrected chi connectivity index (χ4v) is 2.58. The molecule has 0 saturated heterocycles. The third-order valence-corrected chi connectivity index (χ3v) is 3.97. The van der Waals surface area contributed by atoms with Gasteiger partial charge in [0.05, 0.1) is 19.3 Å². The van der Waals surface area contributed by atoms with Gasteiger partial charge in [-0.15, -0.1) is 0 Å². The summed E-state index contributed by atoms with van der Waals surface area (Å²) in [6, 6.07) is 4.94. The average Bonchev–Trinajstić information content (AvgIpc) is 3.31. The van der Waals surface area contributed by atoms with E-state index in [9.17, 15) is 18.7 Å². The average molecular weight is 336 g/mol. The molecule has 1 heterocycles. The molecule has 1 saturated carbocycles. The molecule has 1 aliphatic rings. The molecule has 5 nitrogen and oxygen atoms in total. The lowest BCUT2D eigenvalue weighted by atomic mass is 10.1. The monoisotopic (exact) mass is 336 g/mol. The highest BCUT2D eigenvalue weighted by Crippen LogP contribution is 2.40. The summed E-state index contributed by atoms with van der Waals surface area (Å²) in [6.45, 7) is 2.02. The van der Waals surface area contributed by atoms with E-state index in [0.717, 1.165) is 30.7 Å². The molecule has 1 unspecified atom stereocenters. The van der Waals surface area contributed by atoms with Crippen molar-refractivity contribution in [3.8, 4) is 0 Å². The molecule has 128 valence electrons. The predicted molar refractivity (Wildman–Crippen MR) is 81.5 cm³/mol. The molecule has 24 heavy (non-hydrogen) atoms. The van der Waals surface area contributed by atoms with Crippen molar-refractivity contribution in [2.24, 2.45) is 0 Å². The molecule has 1 N–H and O–H groups in total. The second kappa shape index (κ2) is 6.68. The second-order valence-corrected chi connectivity index (χ2v) is 5.82. The van der Waals surface area contributed by atoms with Crippen molar-refractivity contribution in [2.45, 2.75) is 38.3 Å². The fraction of sp³-hybridized carbons (Fsp3) is 0.412. The van der Waals surface area contributed by atoms with Crippen molar-refractivity contribution in [2.75, 3.05) is 6.61 Å². The first-order chi connectivity index (χ1) is 11.5. The van der Waals surface area contributed by atoms with Gasteiger partial charge in [-0.05, 0) is 43.5 Å². The van der Waals surface area contributed by atoms with Crippen molar-refractivity contribution in [3.63, 3.8) is 0 Å². The van der Waals surface area contributed by atoms with Gasteiger partial charge < -0.3 is 9.84 Å². The van der Waals surface area contributed by atoms with E-state index in [0.29, 0.717) is 5.92 Å². The topological polar surface area (TPSA) is 64.3 Å². The van der Waals surface area contributed by atoms with E-state index in [-0.39, 0.29) is 24.4 Å². The van der Waals surface area contributed by atoms with Gasteiger partial charge in [-0.3, -0.25) is 4.68 Å². The predicted octanol–water partition coefficient (Wildman–Crippen LogP) is 2.95. The molecule has 7 heteroatoms. The maximum atomic E-state index is 13.3. The Kier molecular flexibility index (Phi) is 4.62. The first-order valence-corrected chi connectivity index (χ1v) is 7.87. The van der Waals surface area contributed by atoms with Gasteiger partial charge in [0.2, 0.25) is 0 Å². The smallest absolute Gasteiger partial charge is 0.358 e. The van der Waals surface area contributed by atoms with Crippen LogP contribution in [0.1, 0.15) is 53.5 Å². The highest BCUT2D eigenvalue weighted by Gasteiger charge is 2.30. The molecule has 0 spiro atoms. The van der Waals surface area contributed by atoms with Gasteiger partial charge in [-0.2, -0.15) is 5.10 Å². The van der Waals surface area contributed by atoms with Gasteiger partial charge in [-0.25, -0.2) is 13.6 Å². The first-order valence-electron chi connectivity index (χ1n) is 7.87. The molecule has 0 amide bonds. The van der Waals surface area contributed by atoms with Crippen LogP contribution in [0.25, 0.3) is 0 Å². The molecule has 1 atom stereocenters. The molecule has 1 aromatic heterocycles. The number of hydrogen-bond acceptors (Lipinski definition) is 4. The normalized spacial score (nSPS) is 15.3. The van der Waals surface area contributed by atoms with Crippen LogP contribution >= 0.6 is 0 Å². The highest BCUT2D eigenvalue weighted by molar-refractivity contribution is 5.87. The molecule has 0 bridgehead atoms. The van der Waals surface area contributed by atoms with Crippen LogP contribution in [0, 0.1) is 11.6 Å². The zero-order valence-electron chi connectivity index (χ0n) is 13.2. The quantitative estimate of drug-likeness (QED) is 0.824. The summed E-state index contributed by atoms with van der Waals surface area (Å²) in [6.07, 6.45) is 0.928. The van der Waals surface area contributed by atoms with Gasteiger partial charge in [-0.1, -0.05) is 6.07 Å². The number of ether oxygens (including phenoxy) is 1. The van der Waals surface area contributed by atoms with E-state index in [1.165, 1.54) is 6.07 Å². The van der Waals surface area contributed by atoms with Gasteiger partial charge in [0.25, 0.3) is 0 Å². The Labute approximate surface area is 137 Å². The number of halogens is 2. The number of nitrogens with zero attached hydrogens (tertiary/aromatic N) is 2. The van der Waals surface area contributed by atoms with Gasteiger partial charge >= 0.3 is 5.97 Å². The maximum Gasteiger partial charge on any atom is 0.358 e. The molecule has 1 aromatic carbocycles. The van der Waals surface area contributed by atoms with Crippen LogP contribution in [-0.2, 0) is 11.3 Å². The third kappa shape index (κ3) is 3.46. The number of aromatic nitrogens is 2. The van der Waals surface area contributed by atoms with Gasteiger partial charge in [0, 0.05) is 11.6 Å². The molecule has 2 aromatic rings. The number of rotatable bonds is 6. The Morgan fingerprint density at radius 3 is 2.75 bits per heavy atom. The lowest BCUT2D eigenvalue weighted by Crippen LogP contribution is -2.14. The van der Waals surface area contributed by atoms with Gasteiger partial charge in [0.1, 0.15) is 0 Å². The molecular weight excluding hydrogens is 318 g/mol. The van der Waals surface area contributed by atoms with E-state index in [2.05, 4.69) is 5.10 Å². The minimum absolute atomic E-state index is 0.0519. The number of aliphatic hydroxyl groups is 1. The lowest BCUT2D eigenvalue weighted by molar-refractivity contribution is 0.0517. The SMILES string of the molecule is CCOC(=O)c1cc(C2CC2)n(CC(O)c2ccc(F)c(F)c2)n1. The fourth-order valence-electron chi connectivity index (χ4n) is 2.58. The zero-order valence-corrected chi connectivity index (χ0v) is 13.2. The molecule has 0 aliphatic heterocycles. The Morgan fingerprint density at radius 2 is 2.12 bits per heavy atom. The van der Waals surface area contributed by atoms with Crippen LogP contribution in [0.15, 0.2) is 24.3 Å². The van der Waals surface area contributed by atoms with E-state index < -0.39 is 23.7 Å². The highest BCUT2D eigenvalue weighted by atomic mass is 19.2. The number of esters is 1. The lowest BCUT2D eigenvalue weighted by Gasteiger charge is -2.13. The van der Waals surface area contributed by atoms with Crippen LogP contribution in [-0.4, -0.2) is 27.5 Å². The van der Waals surface area contributed by atoms with Crippen molar-refractivity contribution >= 4 is 5.97 Å². The standard InChI is InChI=1S/C17H18F2N2O3/c1-2-24-17(23)14-8-15(10-3-4-10)21(20-14)9-16(22)11-5-6-12(18)13(19)7-11/h5-8,10,16,22H,2-4,9H2,1H3. The van der Waals surface area contributed by atoms with Crippen LogP contribution in [0.4, 0.5) is 8.78 Å². The molecule has 0 radical (unpaired) electrons. The molecule has 1 aliphatic carbocycles. The number of aliphatic hydroxyl groups excluding tert-OH is 1. The number of carbonyl (C=O) groups is 1. The maximum absolute atomic E-state index is 13.3. The van der Waals surface area contributed by atoms with E-state index in [4.69, 9.17) is 4.74 Å². The summed E-state index contributed by atoms with van der Waals surface area (Å²) >= 11 is 0. The number of hydrogen-bond donors (Lipinski definition) is 1. The van der Waals surface area contributed by atoms with Crippen LogP contribution < -0.4 is 0 Å². The van der Waals surface area contributed by atoms with E-state index in [1.807, 2.05) is 0 Å². The zero-order chi connectivity index (χ0) is 17.3. The first kappa shape index (κ1) is 16.6. The van der Waals surface area contributed by atoms with Crippen molar-refractivity contribution in [1.82, 2.24) is 9.78 Å². The molecular formula is C17H18F2N2O3. The number of carbonyl (C=O) groups excluding carboxylic acids is 1. The minimum Gasteiger partial charge on any atom is -0.461 e. The van der Waals surface area contributed by atoms with Crippen LogP contribution in [0.2, 0.25) is 0 Å². The third-order valence-electron chi connectivity index (χ3n) is 3.97. The Bertz CT molecular complexity index is 756. The van der Waals surface area contributed by atoms with E-state index in [1.54, 1.807) is 17.7 Å². The molecule has 1 fully saturated rings. The van der Waals surface area contributed by atoms with Crippen LogP contribution in [0.3, 0.4) is 0 Å². The summed E-state index contributed by atoms with van der Waals surface area (Å²) in [5.41, 5.74) is 1.29. The Balaban J connectivity index is 1.82. The van der Waals surface area contributed by atoms with Crippen molar-refractivity contribution < 1.29 is 23.4 Å². The summed E-state index contributed by atoms with van der Waals surface area (Å²) in [7, 11) is 0. The molecule has 3 rings (SSSR count). The largest absolute Gasteiger partial charge is 0.461 e. The second-order valence-electron chi connectivity index (χ2n) is 5.82. The summed E-state index contributed by atoms with van der Waals surface area (Å²) in [4.78, 5) is 11.8. The minimum atomic E-state index is -1.06. The number of benzene rings is 1. The Hall–Kier alpha value is -2.28. The van der Waals surface area contributed by atoms with Gasteiger partial charge in [0.15, 0.2) is 17.3 Å². The summed E-state index contributed by atoms with van der Waals surface area (Å²) in [5.74, 6) is -2.19. The van der Waals surface area contributed by atoms with Crippen molar-refractivity contribution in [3.05, 3.63) is 52.9 Å². The van der Waals surface area contributed by atoms with Crippen molar-refractivity contribution in [1.29, 1.82) is 0 Å². The Morgan fingerprint density at radius 1 is 1.38 bits per heavy atom. The van der Waals surface area contributed by atoms with Crippen LogP contribution in [0.5, 0.6) is 0 Å². The van der Waals surface area contributed by atoms with E-state index >= 15 is 0 Å². The summed E-state index contributed by atoms with van der Waals surface area (Å²) < 4.78 is 32.8.